The molecule has 0 radical (unpaired) electrons. The van der Waals surface area contributed by atoms with Crippen LogP contribution in [0.5, 0.6) is 0 Å². The average Bonchev–Trinajstić information content (AvgIpc) is 2.59. The molecule has 22 heavy (non-hydrogen) atoms. The third-order valence-electron chi connectivity index (χ3n) is 4.34. The van der Waals surface area contributed by atoms with E-state index in [0.29, 0.717) is 10.4 Å². The molecule has 0 N–H and O–H groups in total. The van der Waals surface area contributed by atoms with Crippen molar-refractivity contribution in [3.8, 4) is 12.1 Å². The van der Waals surface area contributed by atoms with E-state index in [4.69, 9.17) is 13.1 Å². The second-order valence-corrected chi connectivity index (χ2v) is 5.31. The van der Waals surface area contributed by atoms with Crippen molar-refractivity contribution in [2.75, 3.05) is 0 Å². The molecule has 0 amide bonds. The molecule has 1 aromatic carbocycles. The van der Waals surface area contributed by atoms with Crippen molar-refractivity contribution < 1.29 is 0 Å². The number of nitriles is 2. The topological polar surface area (TPSA) is 56.3 Å². The van der Waals surface area contributed by atoms with Gasteiger partial charge in [-0.25, -0.2) is 20.2 Å². The van der Waals surface area contributed by atoms with Crippen LogP contribution < -0.4 is 10.4 Å². The highest BCUT2D eigenvalue weighted by Crippen LogP contribution is 2.42. The van der Waals surface area contributed by atoms with E-state index in [1.54, 1.807) is 12.1 Å². The van der Waals surface area contributed by atoms with Gasteiger partial charge < -0.3 is 0 Å². The summed E-state index contributed by atoms with van der Waals surface area (Å²) >= 11 is 0. The lowest BCUT2D eigenvalue weighted by Crippen LogP contribution is -2.32. The predicted octanol–water partition coefficient (Wildman–Crippen LogP) is 2.32. The number of hydrogen-bond acceptors (Lipinski definition) is 2. The molecule has 3 aliphatic carbocycles. The van der Waals surface area contributed by atoms with E-state index in [1.807, 2.05) is 12.1 Å². The van der Waals surface area contributed by atoms with Crippen LogP contribution in [0.3, 0.4) is 0 Å². The molecular formula is C18H10N4. The minimum Gasteiger partial charge on any atom is -0.226 e. The summed E-state index contributed by atoms with van der Waals surface area (Å²) in [6.45, 7) is 14.4. The summed E-state index contributed by atoms with van der Waals surface area (Å²) < 4.78 is 0. The zero-order chi connectivity index (χ0) is 15.7. The Kier molecular flexibility index (Phi) is 3.23. The van der Waals surface area contributed by atoms with Gasteiger partial charge in [-0.05, 0) is 34.4 Å². The van der Waals surface area contributed by atoms with Gasteiger partial charge in [0.25, 0.3) is 11.4 Å². The Bertz CT molecular complexity index is 871. The van der Waals surface area contributed by atoms with Gasteiger partial charge in [-0.3, -0.25) is 0 Å². The lowest BCUT2D eigenvalue weighted by Gasteiger charge is -2.34. The third-order valence-corrected chi connectivity index (χ3v) is 4.34. The van der Waals surface area contributed by atoms with Gasteiger partial charge in [-0.2, -0.15) is 0 Å². The Morgan fingerprint density at radius 1 is 0.909 bits per heavy atom. The normalized spacial score (nSPS) is 23.3. The number of nitrogens with zero attached hydrogens (tertiary/aromatic N) is 4. The quantitative estimate of drug-likeness (QED) is 0.541. The Morgan fingerprint density at radius 3 is 1.59 bits per heavy atom. The molecule has 3 aliphatic rings. The maximum absolute atomic E-state index is 9.20. The van der Waals surface area contributed by atoms with Crippen molar-refractivity contribution in [1.29, 1.82) is 10.5 Å². The van der Waals surface area contributed by atoms with Crippen LogP contribution in [0.15, 0.2) is 24.3 Å². The van der Waals surface area contributed by atoms with Gasteiger partial charge in [0, 0.05) is 11.8 Å². The second-order valence-electron chi connectivity index (χ2n) is 5.31. The Labute approximate surface area is 128 Å². The van der Waals surface area contributed by atoms with Crippen LogP contribution in [0.2, 0.25) is 0 Å². The van der Waals surface area contributed by atoms with Gasteiger partial charge in [0.15, 0.2) is 0 Å². The molecule has 0 fully saturated rings. The lowest BCUT2D eigenvalue weighted by molar-refractivity contribution is 0.548. The summed E-state index contributed by atoms with van der Waals surface area (Å²) in [5, 5.41) is 19.7. The molecule has 0 aliphatic heterocycles. The van der Waals surface area contributed by atoms with E-state index in [1.165, 1.54) is 0 Å². The number of rotatable bonds is 0. The fourth-order valence-corrected chi connectivity index (χ4v) is 3.44. The van der Waals surface area contributed by atoms with Gasteiger partial charge >= 0.3 is 0 Å². The first-order chi connectivity index (χ1) is 10.7. The van der Waals surface area contributed by atoms with E-state index in [2.05, 4.69) is 21.8 Å². The largest absolute Gasteiger partial charge is 0.269 e. The summed E-state index contributed by atoms with van der Waals surface area (Å²) in [6, 6.07) is 7.34. The van der Waals surface area contributed by atoms with E-state index < -0.39 is 0 Å². The van der Waals surface area contributed by atoms with Gasteiger partial charge in [0.2, 0.25) is 0 Å². The molecule has 2 unspecified atom stereocenters. The van der Waals surface area contributed by atoms with Gasteiger partial charge in [0.05, 0.1) is 25.3 Å². The van der Waals surface area contributed by atoms with Gasteiger partial charge in [-0.1, -0.05) is 24.3 Å². The van der Waals surface area contributed by atoms with Crippen molar-refractivity contribution in [3.63, 3.8) is 0 Å². The molecule has 0 saturated carbocycles. The zero-order valence-corrected chi connectivity index (χ0v) is 11.7. The van der Waals surface area contributed by atoms with E-state index in [-0.39, 0.29) is 23.2 Å². The molecular weight excluding hydrogens is 272 g/mol. The molecule has 0 saturated heterocycles. The van der Waals surface area contributed by atoms with Crippen molar-refractivity contribution in [1.82, 2.24) is 0 Å². The zero-order valence-electron chi connectivity index (χ0n) is 11.7. The molecule has 2 bridgehead atoms. The maximum atomic E-state index is 9.20. The predicted molar refractivity (Wildman–Crippen MR) is 80.8 cm³/mol. The minimum atomic E-state index is 0.0741. The Hall–Kier alpha value is -3.34. The molecule has 4 nitrogen and oxygen atoms in total. The summed E-state index contributed by atoms with van der Waals surface area (Å²) in [5.74, 6) is 0.316. The highest BCUT2D eigenvalue weighted by Gasteiger charge is 2.31. The summed E-state index contributed by atoms with van der Waals surface area (Å²) in [7, 11) is 0. The first-order valence-electron chi connectivity index (χ1n) is 6.90. The first-order valence-corrected chi connectivity index (χ1v) is 6.90. The van der Waals surface area contributed by atoms with Crippen LogP contribution >= 0.6 is 0 Å². The van der Waals surface area contributed by atoms with Crippen molar-refractivity contribution in [2.45, 2.75) is 24.7 Å². The SMILES string of the molecule is [C-]#[N+]/C(C#N)=c1\cc/c(=C(/C#N)[N+]#[C-])c2c1C1C=CC2CC1. The average molecular weight is 282 g/mol. The fraction of sp³-hybridized carbons (Fsp3) is 0.222. The molecule has 1 aromatic rings. The molecule has 102 valence electrons. The Morgan fingerprint density at radius 2 is 1.32 bits per heavy atom. The van der Waals surface area contributed by atoms with Gasteiger partial charge in [0.1, 0.15) is 0 Å². The standard InChI is InChI=1S/C18H10N4/c1-21-15(9-19)13-7-8-14(16(10-20)22-2)18-12-5-3-11(4-6-12)17(13)18/h3,5,7-8,11-12H,4,6H2/b15-13+,16-14+. The minimum absolute atomic E-state index is 0.0741. The molecule has 2 atom stereocenters. The smallest absolute Gasteiger partial charge is 0.226 e. The number of allylic oxidation sites excluding steroid dienone is 2. The van der Waals surface area contributed by atoms with Crippen LogP contribution in [0, 0.1) is 35.8 Å². The molecule has 0 spiro atoms. The fourth-order valence-electron chi connectivity index (χ4n) is 3.44. The molecule has 4 heteroatoms. The van der Waals surface area contributed by atoms with E-state index >= 15 is 0 Å². The van der Waals surface area contributed by atoms with E-state index in [9.17, 15) is 10.5 Å². The van der Waals surface area contributed by atoms with E-state index in [0.717, 1.165) is 24.0 Å². The summed E-state index contributed by atoms with van der Waals surface area (Å²) in [4.78, 5) is 6.66. The highest BCUT2D eigenvalue weighted by atomic mass is 14.7. The lowest BCUT2D eigenvalue weighted by atomic mass is 9.70. The summed E-state index contributed by atoms with van der Waals surface area (Å²) in [5.41, 5.74) is 2.07. The maximum Gasteiger partial charge on any atom is 0.269 e. The molecule has 0 aromatic heterocycles. The Balaban J connectivity index is 2.56. The van der Waals surface area contributed by atoms with Crippen LogP contribution in [0.1, 0.15) is 35.8 Å². The summed E-state index contributed by atoms with van der Waals surface area (Å²) in [6.07, 6.45) is 6.18. The van der Waals surface area contributed by atoms with Crippen molar-refractivity contribution >= 4 is 11.4 Å². The van der Waals surface area contributed by atoms with Crippen LogP contribution in [0.4, 0.5) is 0 Å². The van der Waals surface area contributed by atoms with Crippen molar-refractivity contribution in [2.24, 2.45) is 0 Å². The third kappa shape index (κ3) is 1.80. The second kappa shape index (κ2) is 5.21. The highest BCUT2D eigenvalue weighted by molar-refractivity contribution is 5.71. The molecule has 0 heterocycles. The number of benzene rings is 1. The van der Waals surface area contributed by atoms with Crippen molar-refractivity contribution in [3.05, 3.63) is 68.7 Å². The molecule has 4 rings (SSSR count). The number of hydrogen-bond donors (Lipinski definition) is 0. The number of fused-ring (bicyclic) bond motifs is 1. The van der Waals surface area contributed by atoms with Crippen LogP contribution in [-0.4, -0.2) is 0 Å². The monoisotopic (exact) mass is 282 g/mol. The van der Waals surface area contributed by atoms with Gasteiger partial charge in [-0.15, -0.1) is 0 Å². The van der Waals surface area contributed by atoms with Crippen LogP contribution in [0.25, 0.3) is 21.1 Å². The van der Waals surface area contributed by atoms with Crippen LogP contribution in [-0.2, 0) is 0 Å². The first kappa shape index (κ1) is 13.6.